The molecule has 1 fully saturated rings. The third-order valence-electron chi connectivity index (χ3n) is 2.94. The van der Waals surface area contributed by atoms with Gasteiger partial charge in [-0.2, -0.15) is 0 Å². The number of likely N-dealkylation sites (tertiary alicyclic amines) is 1. The van der Waals surface area contributed by atoms with Crippen LogP contribution in [-0.4, -0.2) is 35.7 Å². The van der Waals surface area contributed by atoms with Crippen LogP contribution in [0, 0.1) is 0 Å². The van der Waals surface area contributed by atoms with Gasteiger partial charge in [-0.25, -0.2) is 0 Å². The van der Waals surface area contributed by atoms with Gasteiger partial charge in [-0.1, -0.05) is 6.07 Å². The number of rotatable bonds is 4. The minimum atomic E-state index is 0.324. The van der Waals surface area contributed by atoms with Gasteiger partial charge in [0, 0.05) is 17.5 Å². The number of aliphatic hydroxyl groups excluding tert-OH is 1. The summed E-state index contributed by atoms with van der Waals surface area (Å²) < 4.78 is 0. The Morgan fingerprint density at radius 2 is 2.50 bits per heavy atom. The predicted octanol–water partition coefficient (Wildman–Crippen LogP) is 1.75. The molecular formula is C11H17NOS. The average molecular weight is 211 g/mol. The highest BCUT2D eigenvalue weighted by atomic mass is 32.1. The van der Waals surface area contributed by atoms with Crippen LogP contribution < -0.4 is 0 Å². The zero-order chi connectivity index (χ0) is 9.80. The van der Waals surface area contributed by atoms with E-state index >= 15 is 0 Å². The van der Waals surface area contributed by atoms with Crippen LogP contribution in [-0.2, 0) is 6.42 Å². The van der Waals surface area contributed by atoms with Crippen LogP contribution in [0.2, 0.25) is 0 Å². The lowest BCUT2D eigenvalue weighted by molar-refractivity contribution is 0.160. The molecule has 2 rings (SSSR count). The molecule has 2 nitrogen and oxygen atoms in total. The topological polar surface area (TPSA) is 23.5 Å². The summed E-state index contributed by atoms with van der Waals surface area (Å²) >= 11 is 1.83. The van der Waals surface area contributed by atoms with Crippen LogP contribution in [0.5, 0.6) is 0 Å². The fourth-order valence-electron chi connectivity index (χ4n) is 2.10. The number of thiophene rings is 1. The molecule has 78 valence electrons. The molecule has 0 bridgehead atoms. The first-order valence-electron chi connectivity index (χ1n) is 5.27. The van der Waals surface area contributed by atoms with Crippen LogP contribution in [0.3, 0.4) is 0 Å². The molecule has 0 aromatic carbocycles. The smallest absolute Gasteiger partial charge is 0.0586 e. The highest BCUT2D eigenvalue weighted by molar-refractivity contribution is 7.09. The number of hydrogen-bond donors (Lipinski definition) is 1. The standard InChI is InChI=1S/C11H17NOS/c13-9-10-3-1-6-12(10)7-5-11-4-2-8-14-11/h2,4,8,10,13H,1,3,5-7,9H2. The van der Waals surface area contributed by atoms with Gasteiger partial charge in [-0.05, 0) is 37.3 Å². The van der Waals surface area contributed by atoms with Crippen molar-refractivity contribution in [2.75, 3.05) is 19.7 Å². The summed E-state index contributed by atoms with van der Waals surface area (Å²) in [6.45, 7) is 2.59. The number of nitrogens with zero attached hydrogens (tertiary/aromatic N) is 1. The third-order valence-corrected chi connectivity index (χ3v) is 3.87. The summed E-state index contributed by atoms with van der Waals surface area (Å²) in [5.41, 5.74) is 0. The molecule has 1 aromatic rings. The van der Waals surface area contributed by atoms with Gasteiger partial charge in [0.25, 0.3) is 0 Å². The zero-order valence-electron chi connectivity index (χ0n) is 8.35. The SMILES string of the molecule is OCC1CCCN1CCc1cccs1. The Morgan fingerprint density at radius 1 is 1.57 bits per heavy atom. The van der Waals surface area contributed by atoms with Crippen LogP contribution in [0.25, 0.3) is 0 Å². The van der Waals surface area contributed by atoms with E-state index in [9.17, 15) is 0 Å². The van der Waals surface area contributed by atoms with E-state index in [1.165, 1.54) is 17.7 Å². The van der Waals surface area contributed by atoms with Gasteiger partial charge in [-0.3, -0.25) is 4.90 Å². The minimum Gasteiger partial charge on any atom is -0.395 e. The molecule has 1 aliphatic heterocycles. The maximum atomic E-state index is 9.15. The molecule has 0 saturated carbocycles. The van der Waals surface area contributed by atoms with Crippen LogP contribution >= 0.6 is 11.3 Å². The lowest BCUT2D eigenvalue weighted by Gasteiger charge is -2.21. The molecule has 2 heterocycles. The van der Waals surface area contributed by atoms with E-state index < -0.39 is 0 Å². The van der Waals surface area contributed by atoms with Gasteiger partial charge in [0.15, 0.2) is 0 Å². The first-order chi connectivity index (χ1) is 6.90. The molecule has 1 atom stereocenters. The first-order valence-corrected chi connectivity index (χ1v) is 6.15. The molecule has 1 N–H and O–H groups in total. The second-order valence-corrected chi connectivity index (χ2v) is 4.88. The Kier molecular flexibility index (Phi) is 3.56. The summed E-state index contributed by atoms with van der Waals surface area (Å²) in [7, 11) is 0. The van der Waals surface area contributed by atoms with Crippen molar-refractivity contribution in [2.45, 2.75) is 25.3 Å². The van der Waals surface area contributed by atoms with Crippen LogP contribution in [0.1, 0.15) is 17.7 Å². The molecule has 1 aromatic heterocycles. The van der Waals surface area contributed by atoms with Crippen molar-refractivity contribution in [3.63, 3.8) is 0 Å². The predicted molar refractivity (Wildman–Crippen MR) is 59.7 cm³/mol. The van der Waals surface area contributed by atoms with Crippen molar-refractivity contribution in [1.82, 2.24) is 4.90 Å². The normalized spacial score (nSPS) is 23.1. The van der Waals surface area contributed by atoms with Gasteiger partial charge in [0.05, 0.1) is 6.61 Å². The van der Waals surface area contributed by atoms with Crippen molar-refractivity contribution >= 4 is 11.3 Å². The number of aliphatic hydroxyl groups is 1. The van der Waals surface area contributed by atoms with Gasteiger partial charge in [0.1, 0.15) is 0 Å². The summed E-state index contributed by atoms with van der Waals surface area (Å²) in [4.78, 5) is 3.87. The van der Waals surface area contributed by atoms with E-state index in [0.717, 1.165) is 19.5 Å². The van der Waals surface area contributed by atoms with Gasteiger partial charge in [0.2, 0.25) is 0 Å². The fraction of sp³-hybridized carbons (Fsp3) is 0.636. The molecule has 0 spiro atoms. The monoisotopic (exact) mass is 211 g/mol. The van der Waals surface area contributed by atoms with Crippen LogP contribution in [0.4, 0.5) is 0 Å². The Bertz CT molecular complexity index is 260. The maximum absolute atomic E-state index is 9.15. The molecule has 14 heavy (non-hydrogen) atoms. The maximum Gasteiger partial charge on any atom is 0.0586 e. The molecule has 1 saturated heterocycles. The zero-order valence-corrected chi connectivity index (χ0v) is 9.17. The Balaban J connectivity index is 1.80. The van der Waals surface area contributed by atoms with Crippen molar-refractivity contribution < 1.29 is 5.11 Å². The third kappa shape index (κ3) is 2.35. The fourth-order valence-corrected chi connectivity index (χ4v) is 2.80. The lowest BCUT2D eigenvalue weighted by atomic mass is 10.2. The Hall–Kier alpha value is -0.380. The van der Waals surface area contributed by atoms with E-state index in [4.69, 9.17) is 5.11 Å². The minimum absolute atomic E-state index is 0.324. The van der Waals surface area contributed by atoms with Crippen molar-refractivity contribution in [3.8, 4) is 0 Å². The quantitative estimate of drug-likeness (QED) is 0.820. The molecule has 3 heteroatoms. The highest BCUT2D eigenvalue weighted by Crippen LogP contribution is 2.18. The van der Waals surface area contributed by atoms with Crippen molar-refractivity contribution in [1.29, 1.82) is 0 Å². The molecule has 0 radical (unpaired) electrons. The first kappa shape index (κ1) is 10.1. The Morgan fingerprint density at radius 3 is 3.21 bits per heavy atom. The second kappa shape index (κ2) is 4.91. The van der Waals surface area contributed by atoms with E-state index in [0.29, 0.717) is 12.6 Å². The average Bonchev–Trinajstić information content (AvgIpc) is 2.85. The lowest BCUT2D eigenvalue weighted by Crippen LogP contribution is -2.33. The van der Waals surface area contributed by atoms with Gasteiger partial charge in [-0.15, -0.1) is 11.3 Å². The van der Waals surface area contributed by atoms with Crippen LogP contribution in [0.15, 0.2) is 17.5 Å². The van der Waals surface area contributed by atoms with Crippen molar-refractivity contribution in [3.05, 3.63) is 22.4 Å². The summed E-state index contributed by atoms with van der Waals surface area (Å²) in [6.07, 6.45) is 3.55. The van der Waals surface area contributed by atoms with Crippen molar-refractivity contribution in [2.24, 2.45) is 0 Å². The number of hydrogen-bond acceptors (Lipinski definition) is 3. The van der Waals surface area contributed by atoms with Gasteiger partial charge >= 0.3 is 0 Å². The highest BCUT2D eigenvalue weighted by Gasteiger charge is 2.22. The molecule has 0 aliphatic carbocycles. The second-order valence-electron chi connectivity index (χ2n) is 3.84. The largest absolute Gasteiger partial charge is 0.395 e. The van der Waals surface area contributed by atoms with E-state index in [1.807, 2.05) is 11.3 Å². The van der Waals surface area contributed by atoms with E-state index in [-0.39, 0.29) is 0 Å². The molecular weight excluding hydrogens is 194 g/mol. The van der Waals surface area contributed by atoms with Gasteiger partial charge < -0.3 is 5.11 Å². The summed E-state index contributed by atoms with van der Waals surface area (Å²) in [5, 5.41) is 11.3. The summed E-state index contributed by atoms with van der Waals surface area (Å²) in [5.74, 6) is 0. The molecule has 1 aliphatic rings. The summed E-state index contributed by atoms with van der Waals surface area (Å²) in [6, 6.07) is 4.72. The van der Waals surface area contributed by atoms with E-state index in [2.05, 4.69) is 22.4 Å². The molecule has 1 unspecified atom stereocenters. The Labute approximate surface area is 89.2 Å². The van der Waals surface area contributed by atoms with E-state index in [1.54, 1.807) is 0 Å². The molecule has 0 amide bonds.